The normalized spacial score (nSPS) is 22.4. The third kappa shape index (κ3) is 4.69. The monoisotopic (exact) mass is 330 g/mol. The van der Waals surface area contributed by atoms with Gasteiger partial charge in [0.15, 0.2) is 0 Å². The summed E-state index contributed by atoms with van der Waals surface area (Å²) in [6.45, 7) is 10.2. The molecule has 0 bridgehead atoms. The molecule has 0 aliphatic carbocycles. The number of carbonyl (C=O) groups is 1. The van der Waals surface area contributed by atoms with Crippen molar-refractivity contribution < 1.29 is 9.32 Å². The molecule has 1 amide bonds. The van der Waals surface area contributed by atoms with E-state index in [0.717, 1.165) is 18.7 Å². The largest absolute Gasteiger partial charge is 0.338 e. The maximum Gasteiger partial charge on any atom is 0.240 e. The van der Waals surface area contributed by atoms with Gasteiger partial charge in [-0.3, -0.25) is 15.0 Å². The Labute approximate surface area is 138 Å². The van der Waals surface area contributed by atoms with Gasteiger partial charge in [-0.25, -0.2) is 0 Å². The van der Waals surface area contributed by atoms with Crippen molar-refractivity contribution in [1.82, 2.24) is 10.1 Å². The van der Waals surface area contributed by atoms with Gasteiger partial charge in [0.2, 0.25) is 11.8 Å². The number of nitrogens with two attached hydrogens (primary N) is 1. The molecule has 0 radical (unpaired) electrons. The average Bonchev–Trinajstić information content (AvgIpc) is 2.96. The number of rotatable bonds is 4. The molecule has 6 nitrogen and oxygen atoms in total. The van der Waals surface area contributed by atoms with Gasteiger partial charge < -0.3 is 10.3 Å². The number of aromatic nitrogens is 1. The lowest BCUT2D eigenvalue weighted by Gasteiger charge is -2.19. The third-order valence-electron chi connectivity index (χ3n) is 4.01. The Bertz CT molecular complexity index is 498. The molecule has 1 saturated heterocycles. The summed E-state index contributed by atoms with van der Waals surface area (Å²) in [5.74, 6) is 0.828. The topological polar surface area (TPSA) is 84.4 Å². The van der Waals surface area contributed by atoms with E-state index >= 15 is 0 Å². The van der Waals surface area contributed by atoms with Gasteiger partial charge in [0.1, 0.15) is 0 Å². The van der Waals surface area contributed by atoms with Crippen LogP contribution in [0.2, 0.25) is 0 Å². The minimum absolute atomic E-state index is 0. The van der Waals surface area contributed by atoms with Crippen LogP contribution in [-0.4, -0.2) is 41.6 Å². The van der Waals surface area contributed by atoms with Crippen molar-refractivity contribution in [1.29, 1.82) is 0 Å². The lowest BCUT2D eigenvalue weighted by Crippen LogP contribution is -2.35. The maximum atomic E-state index is 12.1. The van der Waals surface area contributed by atoms with E-state index in [-0.39, 0.29) is 23.7 Å². The number of likely N-dealkylation sites (tertiary alicyclic amines) is 1. The molecule has 0 aromatic carbocycles. The molecule has 2 unspecified atom stereocenters. The Balaban J connectivity index is 0.00000242. The zero-order chi connectivity index (χ0) is 15.6. The number of halogens is 1. The summed E-state index contributed by atoms with van der Waals surface area (Å²) in [5.41, 5.74) is 6.44. The molecule has 2 atom stereocenters. The first-order chi connectivity index (χ1) is 9.79. The van der Waals surface area contributed by atoms with E-state index in [4.69, 9.17) is 10.3 Å². The Kier molecular flexibility index (Phi) is 6.40. The molecule has 7 heteroatoms. The SMILES string of the molecule is CC1CC(CN)CN1CC(=O)Nc1cc(C(C)(C)C)no1.Cl. The summed E-state index contributed by atoms with van der Waals surface area (Å²) in [7, 11) is 0. The lowest BCUT2D eigenvalue weighted by atomic mass is 9.92. The number of nitrogens with one attached hydrogen (secondary N) is 1. The molecule has 2 heterocycles. The first-order valence-electron chi connectivity index (χ1n) is 7.50. The zero-order valence-electron chi connectivity index (χ0n) is 13.8. The summed E-state index contributed by atoms with van der Waals surface area (Å²) in [6.07, 6.45) is 1.06. The minimum Gasteiger partial charge on any atom is -0.338 e. The average molecular weight is 331 g/mol. The molecular formula is C15H27ClN4O2. The number of amides is 1. The molecule has 1 aliphatic rings. The second kappa shape index (κ2) is 7.44. The van der Waals surface area contributed by atoms with E-state index in [1.54, 1.807) is 6.07 Å². The summed E-state index contributed by atoms with van der Waals surface area (Å²) in [5, 5.41) is 6.77. The van der Waals surface area contributed by atoms with E-state index < -0.39 is 0 Å². The van der Waals surface area contributed by atoms with Gasteiger partial charge in [-0.15, -0.1) is 12.4 Å². The van der Waals surface area contributed by atoms with Crippen molar-refractivity contribution in [2.75, 3.05) is 25.0 Å². The van der Waals surface area contributed by atoms with Crippen molar-refractivity contribution in [3.8, 4) is 0 Å². The summed E-state index contributed by atoms with van der Waals surface area (Å²) in [4.78, 5) is 14.3. The van der Waals surface area contributed by atoms with Gasteiger partial charge in [0.25, 0.3) is 0 Å². The van der Waals surface area contributed by atoms with Crippen LogP contribution in [0.15, 0.2) is 10.6 Å². The molecule has 0 saturated carbocycles. The van der Waals surface area contributed by atoms with E-state index in [1.807, 2.05) is 0 Å². The molecule has 3 N–H and O–H groups in total. The van der Waals surface area contributed by atoms with Crippen LogP contribution in [0.25, 0.3) is 0 Å². The van der Waals surface area contributed by atoms with Crippen LogP contribution in [0.5, 0.6) is 0 Å². The Morgan fingerprint density at radius 3 is 2.73 bits per heavy atom. The number of anilines is 1. The highest BCUT2D eigenvalue weighted by Crippen LogP contribution is 2.24. The van der Waals surface area contributed by atoms with E-state index in [0.29, 0.717) is 30.9 Å². The Hall–Kier alpha value is -1.11. The van der Waals surface area contributed by atoms with E-state index in [9.17, 15) is 4.79 Å². The van der Waals surface area contributed by atoms with Crippen LogP contribution in [0.1, 0.15) is 39.8 Å². The fourth-order valence-electron chi connectivity index (χ4n) is 2.66. The Morgan fingerprint density at radius 1 is 1.55 bits per heavy atom. The second-order valence-corrected chi connectivity index (χ2v) is 6.99. The van der Waals surface area contributed by atoms with E-state index in [2.05, 4.69) is 43.1 Å². The third-order valence-corrected chi connectivity index (χ3v) is 4.01. The van der Waals surface area contributed by atoms with Gasteiger partial charge in [0.05, 0.1) is 12.2 Å². The van der Waals surface area contributed by atoms with Crippen molar-refractivity contribution in [3.05, 3.63) is 11.8 Å². The molecule has 22 heavy (non-hydrogen) atoms. The fourth-order valence-corrected chi connectivity index (χ4v) is 2.66. The standard InChI is InChI=1S/C15H26N4O2.ClH/c1-10-5-11(7-16)8-19(10)9-13(20)17-14-6-12(18-21-14)15(2,3)4;/h6,10-11H,5,7-9,16H2,1-4H3,(H,17,20);1H. The summed E-state index contributed by atoms with van der Waals surface area (Å²) >= 11 is 0. The quantitative estimate of drug-likeness (QED) is 0.882. The van der Waals surface area contributed by atoms with Crippen LogP contribution in [0, 0.1) is 5.92 Å². The van der Waals surface area contributed by atoms with Crippen LogP contribution in [-0.2, 0) is 10.2 Å². The molecule has 126 valence electrons. The predicted octanol–water partition coefficient (Wildman–Crippen LogP) is 2.00. The highest BCUT2D eigenvalue weighted by Gasteiger charge is 2.29. The molecule has 1 aromatic heterocycles. The van der Waals surface area contributed by atoms with E-state index in [1.165, 1.54) is 0 Å². The number of hydrogen-bond acceptors (Lipinski definition) is 5. The second-order valence-electron chi connectivity index (χ2n) is 6.99. The first kappa shape index (κ1) is 18.9. The molecule has 1 fully saturated rings. The van der Waals surface area contributed by atoms with Crippen molar-refractivity contribution in [3.63, 3.8) is 0 Å². The maximum absolute atomic E-state index is 12.1. The molecular weight excluding hydrogens is 304 g/mol. The van der Waals surface area contributed by atoms with Gasteiger partial charge in [-0.05, 0) is 25.8 Å². The lowest BCUT2D eigenvalue weighted by molar-refractivity contribution is -0.117. The van der Waals surface area contributed by atoms with Gasteiger partial charge in [-0.1, -0.05) is 25.9 Å². The Morgan fingerprint density at radius 2 is 2.23 bits per heavy atom. The highest BCUT2D eigenvalue weighted by atomic mass is 35.5. The van der Waals surface area contributed by atoms with Crippen LogP contribution in [0.4, 0.5) is 5.88 Å². The highest BCUT2D eigenvalue weighted by molar-refractivity contribution is 5.91. The van der Waals surface area contributed by atoms with Gasteiger partial charge in [-0.2, -0.15) is 0 Å². The fraction of sp³-hybridized carbons (Fsp3) is 0.733. The van der Waals surface area contributed by atoms with Crippen LogP contribution in [0.3, 0.4) is 0 Å². The number of nitrogens with zero attached hydrogens (tertiary/aromatic N) is 2. The zero-order valence-corrected chi connectivity index (χ0v) is 14.6. The summed E-state index contributed by atoms with van der Waals surface area (Å²) in [6, 6.07) is 2.18. The smallest absolute Gasteiger partial charge is 0.240 e. The molecule has 1 aliphatic heterocycles. The molecule has 2 rings (SSSR count). The van der Waals surface area contributed by atoms with Gasteiger partial charge >= 0.3 is 0 Å². The molecule has 0 spiro atoms. The number of carbonyl (C=O) groups excluding carboxylic acids is 1. The van der Waals surface area contributed by atoms with Crippen LogP contribution >= 0.6 is 12.4 Å². The van der Waals surface area contributed by atoms with Crippen molar-refractivity contribution in [2.45, 2.75) is 45.6 Å². The minimum atomic E-state index is -0.0930. The van der Waals surface area contributed by atoms with Crippen molar-refractivity contribution in [2.24, 2.45) is 11.7 Å². The van der Waals surface area contributed by atoms with Crippen molar-refractivity contribution >= 4 is 24.2 Å². The number of hydrogen-bond donors (Lipinski definition) is 2. The summed E-state index contributed by atoms with van der Waals surface area (Å²) < 4.78 is 5.17. The van der Waals surface area contributed by atoms with Crippen LogP contribution < -0.4 is 11.1 Å². The van der Waals surface area contributed by atoms with Gasteiger partial charge in [0, 0.05) is 24.1 Å². The first-order valence-corrected chi connectivity index (χ1v) is 7.50. The molecule has 1 aromatic rings. The predicted molar refractivity (Wildman–Crippen MR) is 89.3 cm³/mol.